The quantitative estimate of drug-likeness (QED) is 0.105. The third-order valence-electron chi connectivity index (χ3n) is 10.8. The van der Waals surface area contributed by atoms with E-state index in [0.717, 1.165) is 32.0 Å². The van der Waals surface area contributed by atoms with E-state index in [9.17, 15) is 29.3 Å². The molecule has 3 heterocycles. The van der Waals surface area contributed by atoms with Crippen LogP contribution in [0.1, 0.15) is 22.8 Å². The summed E-state index contributed by atoms with van der Waals surface area (Å²) in [5, 5.41) is 17.2. The standard InChI is InChI=1S/C37H27ClN4O7S2/c38-18-8-13-26(49-16-27(43)39-25-7-3-5-17-4-1-2-6-21(17)25)22(14-18)28-29-23-15-24(32(29)50-34-33(28)51-37(46)40-34)31-30(23)35(44)41(36(31)45)19-9-11-20(12-10-19)42(47)48/h1-14,23-24,28-32H,15-16H2,(H,39,43)(H,40,46)/t23-,24-,28-,29?,30?,31?,32?/m1/s1. The van der Waals surface area contributed by atoms with Crippen molar-refractivity contribution in [3.63, 3.8) is 0 Å². The summed E-state index contributed by atoms with van der Waals surface area (Å²) in [5.41, 5.74) is 1.56. The van der Waals surface area contributed by atoms with E-state index in [-0.39, 0.29) is 57.9 Å². The number of nitro groups is 1. The van der Waals surface area contributed by atoms with Gasteiger partial charge in [0.25, 0.3) is 11.6 Å². The topological polar surface area (TPSA) is 152 Å². The van der Waals surface area contributed by atoms with Gasteiger partial charge in [-0.05, 0) is 66.0 Å². The number of hydrogen-bond donors (Lipinski definition) is 2. The summed E-state index contributed by atoms with van der Waals surface area (Å²) in [5.74, 6) is -2.48. The number of nitrogens with zero attached hydrogens (tertiary/aromatic N) is 2. The summed E-state index contributed by atoms with van der Waals surface area (Å²) >= 11 is 9.28. The van der Waals surface area contributed by atoms with E-state index in [0.29, 0.717) is 34.1 Å². The molecule has 51 heavy (non-hydrogen) atoms. The van der Waals surface area contributed by atoms with Crippen LogP contribution >= 0.6 is 34.7 Å². The number of nitrogens with one attached hydrogen (secondary N) is 2. The Hall–Kier alpha value is -4.98. The van der Waals surface area contributed by atoms with Crippen LogP contribution in [0.4, 0.5) is 17.1 Å². The number of H-pyrrole nitrogens is 1. The zero-order chi connectivity index (χ0) is 35.1. The fourth-order valence-corrected chi connectivity index (χ4v) is 12.0. The average molecular weight is 739 g/mol. The molecule has 4 aromatic carbocycles. The lowest BCUT2D eigenvalue weighted by atomic mass is 9.68. The van der Waals surface area contributed by atoms with E-state index in [2.05, 4.69) is 10.3 Å². The predicted molar refractivity (Wildman–Crippen MR) is 194 cm³/mol. The summed E-state index contributed by atoms with van der Waals surface area (Å²) in [4.78, 5) is 69.6. The third kappa shape index (κ3) is 5.08. The maximum atomic E-state index is 14.1. The minimum absolute atomic E-state index is 0.0888. The number of nitro benzene ring substituents is 1. The minimum atomic E-state index is -0.575. The van der Waals surface area contributed by atoms with Gasteiger partial charge in [0, 0.05) is 49.8 Å². The van der Waals surface area contributed by atoms with Crippen LogP contribution in [0.15, 0.2) is 94.7 Å². The number of hydrogen-bond acceptors (Lipinski definition) is 9. The lowest BCUT2D eigenvalue weighted by Crippen LogP contribution is -2.42. The zero-order valence-corrected chi connectivity index (χ0v) is 28.9. The van der Waals surface area contributed by atoms with Crippen LogP contribution in [-0.4, -0.2) is 39.5 Å². The van der Waals surface area contributed by atoms with Crippen molar-refractivity contribution in [1.82, 2.24) is 4.98 Å². The molecule has 2 saturated carbocycles. The Morgan fingerprint density at radius 3 is 2.51 bits per heavy atom. The Morgan fingerprint density at radius 1 is 0.980 bits per heavy atom. The number of anilines is 2. The van der Waals surface area contributed by atoms with E-state index in [1.807, 2.05) is 42.5 Å². The van der Waals surface area contributed by atoms with Crippen molar-refractivity contribution in [2.45, 2.75) is 22.6 Å². The van der Waals surface area contributed by atoms with Crippen molar-refractivity contribution in [1.29, 1.82) is 0 Å². The molecule has 2 N–H and O–H groups in total. The molecule has 1 aromatic heterocycles. The molecule has 2 bridgehead atoms. The number of aromatic amines is 1. The van der Waals surface area contributed by atoms with Gasteiger partial charge in [-0.25, -0.2) is 0 Å². The summed E-state index contributed by atoms with van der Waals surface area (Å²) in [7, 11) is 0. The first kappa shape index (κ1) is 32.0. The van der Waals surface area contributed by atoms with Gasteiger partial charge in [0.15, 0.2) is 6.61 Å². The van der Waals surface area contributed by atoms with Gasteiger partial charge in [-0.15, -0.1) is 11.8 Å². The largest absolute Gasteiger partial charge is 0.483 e. The second kappa shape index (κ2) is 12.1. The van der Waals surface area contributed by atoms with Gasteiger partial charge in [-0.1, -0.05) is 59.3 Å². The smallest absolute Gasteiger partial charge is 0.305 e. The van der Waals surface area contributed by atoms with Crippen molar-refractivity contribution in [2.24, 2.45) is 29.6 Å². The molecule has 1 saturated heterocycles. The average Bonchev–Trinajstić information content (AvgIpc) is 3.86. The van der Waals surface area contributed by atoms with Crippen LogP contribution in [0.3, 0.4) is 0 Å². The van der Waals surface area contributed by atoms with E-state index >= 15 is 0 Å². The Labute approximate surface area is 303 Å². The number of rotatable bonds is 7. The van der Waals surface area contributed by atoms with Crippen molar-refractivity contribution in [2.75, 3.05) is 16.8 Å². The van der Waals surface area contributed by atoms with Gasteiger partial charge in [0.05, 0.1) is 27.5 Å². The highest BCUT2D eigenvalue weighted by atomic mass is 35.5. The zero-order valence-electron chi connectivity index (χ0n) is 26.5. The first-order valence-corrected chi connectivity index (χ1v) is 18.5. The predicted octanol–water partition coefficient (Wildman–Crippen LogP) is 6.85. The third-order valence-corrected chi connectivity index (χ3v) is 13.6. The number of benzene rings is 4. The van der Waals surface area contributed by atoms with Gasteiger partial charge in [0.2, 0.25) is 11.8 Å². The Kier molecular flexibility index (Phi) is 7.56. The molecule has 256 valence electrons. The number of non-ortho nitro benzene ring substituents is 1. The molecule has 4 aliphatic rings. The number of carbonyl (C=O) groups excluding carboxylic acids is 3. The lowest BCUT2D eigenvalue weighted by Gasteiger charge is -2.43. The number of amides is 3. The number of thiazole rings is 1. The molecule has 5 aromatic rings. The van der Waals surface area contributed by atoms with Crippen LogP contribution in [0, 0.1) is 39.7 Å². The highest BCUT2D eigenvalue weighted by Crippen LogP contribution is 2.69. The van der Waals surface area contributed by atoms with Gasteiger partial charge in [-0.2, -0.15) is 0 Å². The normalized spacial score (nSPS) is 25.8. The van der Waals surface area contributed by atoms with Crippen LogP contribution in [0.2, 0.25) is 5.02 Å². The first-order chi connectivity index (χ1) is 24.7. The number of thioether (sulfide) groups is 1. The molecule has 11 nitrogen and oxygen atoms in total. The molecular formula is C37H27ClN4O7S2. The Bertz CT molecular complexity index is 2360. The Morgan fingerprint density at radius 2 is 1.73 bits per heavy atom. The molecule has 4 unspecified atom stereocenters. The van der Waals surface area contributed by atoms with Gasteiger partial charge in [-0.3, -0.25) is 34.2 Å². The molecular weight excluding hydrogens is 712 g/mol. The van der Waals surface area contributed by atoms with Gasteiger partial charge in [0.1, 0.15) is 5.75 Å². The summed E-state index contributed by atoms with van der Waals surface area (Å²) in [6, 6.07) is 24.1. The van der Waals surface area contributed by atoms with E-state index < -0.39 is 22.7 Å². The maximum absolute atomic E-state index is 14.1. The van der Waals surface area contributed by atoms with Gasteiger partial charge < -0.3 is 15.0 Å². The number of aromatic nitrogens is 1. The fraction of sp³-hybridized carbons (Fsp3) is 0.243. The first-order valence-electron chi connectivity index (χ1n) is 16.4. The molecule has 0 radical (unpaired) electrons. The van der Waals surface area contributed by atoms with Crippen LogP contribution in [-0.2, 0) is 14.4 Å². The van der Waals surface area contributed by atoms with E-state index in [4.69, 9.17) is 16.3 Å². The second-order valence-electron chi connectivity index (χ2n) is 13.3. The molecule has 2 aliphatic heterocycles. The highest BCUT2D eigenvalue weighted by Gasteiger charge is 2.70. The summed E-state index contributed by atoms with van der Waals surface area (Å²) < 4.78 is 6.23. The van der Waals surface area contributed by atoms with Crippen molar-refractivity contribution in [3.05, 3.63) is 120 Å². The van der Waals surface area contributed by atoms with Crippen LogP contribution < -0.4 is 19.8 Å². The molecule has 14 heteroatoms. The van der Waals surface area contributed by atoms with Crippen LogP contribution in [0.25, 0.3) is 10.8 Å². The SMILES string of the molecule is O=C(COc1ccc(Cl)cc1[C@H]1c2sc(=O)[nH]c2SC2C1[C@H]1C[C@@H]2C2C(=O)N(c3ccc([N+](=O)[O-])cc3)C(=O)C21)Nc1cccc2ccccc12. The molecule has 2 aliphatic carbocycles. The number of fused-ring (bicyclic) bond motifs is 10. The van der Waals surface area contributed by atoms with Crippen molar-refractivity contribution >= 4 is 80.3 Å². The summed E-state index contributed by atoms with van der Waals surface area (Å²) in [6.07, 6.45) is 0.670. The van der Waals surface area contributed by atoms with Crippen molar-refractivity contribution < 1.29 is 24.0 Å². The Balaban J connectivity index is 1.04. The van der Waals surface area contributed by atoms with Crippen molar-refractivity contribution in [3.8, 4) is 5.75 Å². The van der Waals surface area contributed by atoms with Crippen LogP contribution in [0.5, 0.6) is 5.75 Å². The molecule has 0 spiro atoms. The number of halogens is 1. The van der Waals surface area contributed by atoms with Gasteiger partial charge >= 0.3 is 4.87 Å². The molecule has 3 amide bonds. The number of imide groups is 1. The number of ether oxygens (including phenoxy) is 1. The van der Waals surface area contributed by atoms with E-state index in [1.54, 1.807) is 30.0 Å². The maximum Gasteiger partial charge on any atom is 0.305 e. The molecule has 7 atom stereocenters. The molecule has 3 fully saturated rings. The molecule has 9 rings (SSSR count). The highest BCUT2D eigenvalue weighted by molar-refractivity contribution is 8.00. The second-order valence-corrected chi connectivity index (χ2v) is 15.9. The fourth-order valence-electron chi connectivity index (χ4n) is 8.90. The lowest BCUT2D eigenvalue weighted by molar-refractivity contribution is -0.384. The van der Waals surface area contributed by atoms with E-state index in [1.165, 1.54) is 29.2 Å². The summed E-state index contributed by atoms with van der Waals surface area (Å²) in [6.45, 7) is -0.280. The minimum Gasteiger partial charge on any atom is -0.483 e. The monoisotopic (exact) mass is 738 g/mol. The number of carbonyl (C=O) groups is 3.